The smallest absolute Gasteiger partial charge is 0.339 e. The Morgan fingerprint density at radius 1 is 1.71 bits per heavy atom. The van der Waals surface area contributed by atoms with Gasteiger partial charge in [-0.3, -0.25) is 0 Å². The van der Waals surface area contributed by atoms with Crippen molar-refractivity contribution in [3.8, 4) is 0 Å². The number of rotatable bonds is 3. The number of nitrogens with zero attached hydrogens (tertiary/aromatic N) is 1. The van der Waals surface area contributed by atoms with E-state index in [2.05, 4.69) is 26.2 Å². The topological polar surface area (TPSA) is 71.5 Å². The van der Waals surface area contributed by atoms with E-state index in [4.69, 9.17) is 9.84 Å². The average molecular weight is 301 g/mol. The van der Waals surface area contributed by atoms with Crippen molar-refractivity contribution in [2.24, 2.45) is 0 Å². The normalized spacial score (nSPS) is 23.6. The Balaban J connectivity index is 2.22. The third-order valence-electron chi connectivity index (χ3n) is 2.78. The number of anilines is 1. The van der Waals surface area contributed by atoms with Gasteiger partial charge in [-0.25, -0.2) is 9.78 Å². The van der Waals surface area contributed by atoms with E-state index < -0.39 is 5.97 Å². The van der Waals surface area contributed by atoms with Gasteiger partial charge in [0.05, 0.1) is 12.1 Å². The fraction of sp³-hybridized carbons (Fsp3) is 0.455. The van der Waals surface area contributed by atoms with Crippen LogP contribution in [0, 0.1) is 0 Å². The first-order valence-corrected chi connectivity index (χ1v) is 6.14. The number of hydrogen-bond donors (Lipinski definition) is 2. The third-order valence-corrected chi connectivity index (χ3v) is 3.22. The molecule has 2 heterocycles. The molecule has 1 aliphatic heterocycles. The summed E-state index contributed by atoms with van der Waals surface area (Å²) in [4.78, 5) is 15.2. The van der Waals surface area contributed by atoms with Crippen LogP contribution in [0.2, 0.25) is 0 Å². The van der Waals surface area contributed by atoms with E-state index >= 15 is 0 Å². The monoisotopic (exact) mass is 300 g/mol. The molecule has 5 nitrogen and oxygen atoms in total. The molecule has 17 heavy (non-hydrogen) atoms. The first-order chi connectivity index (χ1) is 8.08. The molecule has 1 saturated heterocycles. The highest BCUT2D eigenvalue weighted by atomic mass is 79.9. The van der Waals surface area contributed by atoms with Crippen molar-refractivity contribution in [2.75, 3.05) is 11.9 Å². The molecule has 0 amide bonds. The zero-order valence-electron chi connectivity index (χ0n) is 9.31. The van der Waals surface area contributed by atoms with Crippen LogP contribution in [0.4, 0.5) is 5.82 Å². The van der Waals surface area contributed by atoms with Gasteiger partial charge in [0.2, 0.25) is 0 Å². The number of carboxylic acids is 1. The molecule has 92 valence electrons. The highest BCUT2D eigenvalue weighted by Gasteiger charge is 2.25. The Kier molecular flexibility index (Phi) is 3.63. The van der Waals surface area contributed by atoms with Crippen LogP contribution in [-0.4, -0.2) is 34.8 Å². The van der Waals surface area contributed by atoms with Gasteiger partial charge in [-0.15, -0.1) is 0 Å². The first-order valence-electron chi connectivity index (χ1n) is 5.35. The molecule has 0 saturated carbocycles. The predicted molar refractivity (Wildman–Crippen MR) is 66.3 cm³/mol. The van der Waals surface area contributed by atoms with Crippen molar-refractivity contribution in [2.45, 2.75) is 25.5 Å². The maximum absolute atomic E-state index is 11.1. The zero-order chi connectivity index (χ0) is 12.4. The SMILES string of the molecule is CC1OCCC1Nc1ncc(Br)cc1C(=O)O. The van der Waals surface area contributed by atoms with Gasteiger partial charge in [-0.05, 0) is 35.3 Å². The summed E-state index contributed by atoms with van der Waals surface area (Å²) in [6, 6.07) is 1.65. The van der Waals surface area contributed by atoms with Crippen LogP contribution in [0.15, 0.2) is 16.7 Å². The standard InChI is InChI=1S/C11H13BrN2O3/c1-6-9(2-3-17-6)14-10-8(11(15)16)4-7(12)5-13-10/h4-6,9H,2-3H2,1H3,(H,13,14)(H,15,16). The summed E-state index contributed by atoms with van der Waals surface area (Å²) in [6.45, 7) is 2.65. The Bertz CT molecular complexity index is 439. The van der Waals surface area contributed by atoms with Crippen LogP contribution in [-0.2, 0) is 4.74 Å². The largest absolute Gasteiger partial charge is 0.478 e. The molecule has 0 bridgehead atoms. The summed E-state index contributed by atoms with van der Waals surface area (Å²) >= 11 is 3.21. The second kappa shape index (κ2) is 5.01. The molecule has 0 spiro atoms. The lowest BCUT2D eigenvalue weighted by molar-refractivity contribution is 0.0697. The molecule has 2 atom stereocenters. The van der Waals surface area contributed by atoms with Gasteiger partial charge in [0.15, 0.2) is 0 Å². The maximum atomic E-state index is 11.1. The van der Waals surface area contributed by atoms with E-state index in [1.807, 2.05) is 6.92 Å². The molecule has 6 heteroatoms. The van der Waals surface area contributed by atoms with Gasteiger partial charge >= 0.3 is 5.97 Å². The fourth-order valence-electron chi connectivity index (χ4n) is 1.81. The zero-order valence-corrected chi connectivity index (χ0v) is 10.9. The molecule has 1 fully saturated rings. The van der Waals surface area contributed by atoms with Gasteiger partial charge in [0, 0.05) is 17.3 Å². The highest BCUT2D eigenvalue weighted by Crippen LogP contribution is 2.22. The number of carbonyl (C=O) groups is 1. The van der Waals surface area contributed by atoms with Crippen LogP contribution >= 0.6 is 15.9 Å². The lowest BCUT2D eigenvalue weighted by Gasteiger charge is -2.17. The number of hydrogen-bond acceptors (Lipinski definition) is 4. The van der Waals surface area contributed by atoms with E-state index in [-0.39, 0.29) is 17.7 Å². The summed E-state index contributed by atoms with van der Waals surface area (Å²) in [6.07, 6.45) is 2.51. The van der Waals surface area contributed by atoms with Crippen molar-refractivity contribution < 1.29 is 14.6 Å². The maximum Gasteiger partial charge on any atom is 0.339 e. The molecule has 1 aromatic heterocycles. The second-order valence-corrected chi connectivity index (χ2v) is 4.89. The summed E-state index contributed by atoms with van der Waals surface area (Å²) in [5, 5.41) is 12.2. The van der Waals surface area contributed by atoms with E-state index in [1.54, 1.807) is 6.20 Å². The summed E-state index contributed by atoms with van der Waals surface area (Å²) < 4.78 is 6.06. The van der Waals surface area contributed by atoms with Crippen molar-refractivity contribution in [1.29, 1.82) is 0 Å². The summed E-state index contributed by atoms with van der Waals surface area (Å²) in [5.41, 5.74) is 0.165. The average Bonchev–Trinajstić information content (AvgIpc) is 2.67. The van der Waals surface area contributed by atoms with E-state index in [0.29, 0.717) is 16.9 Å². The van der Waals surface area contributed by atoms with Crippen LogP contribution in [0.3, 0.4) is 0 Å². The predicted octanol–water partition coefficient (Wildman–Crippen LogP) is 2.13. The van der Waals surface area contributed by atoms with E-state index in [0.717, 1.165) is 6.42 Å². The van der Waals surface area contributed by atoms with Crippen molar-refractivity contribution in [3.63, 3.8) is 0 Å². The molecule has 1 aliphatic rings. The van der Waals surface area contributed by atoms with Crippen molar-refractivity contribution in [1.82, 2.24) is 4.98 Å². The fourth-order valence-corrected chi connectivity index (χ4v) is 2.15. The Hall–Kier alpha value is -1.14. The Morgan fingerprint density at radius 3 is 3.06 bits per heavy atom. The third kappa shape index (κ3) is 2.76. The molecule has 2 unspecified atom stereocenters. The lowest BCUT2D eigenvalue weighted by atomic mass is 10.1. The van der Waals surface area contributed by atoms with Crippen LogP contribution < -0.4 is 5.32 Å². The number of ether oxygens (including phenoxy) is 1. The van der Waals surface area contributed by atoms with Crippen LogP contribution in [0.5, 0.6) is 0 Å². The van der Waals surface area contributed by atoms with Gasteiger partial charge in [-0.2, -0.15) is 0 Å². The summed E-state index contributed by atoms with van der Waals surface area (Å²) in [7, 11) is 0. The second-order valence-electron chi connectivity index (χ2n) is 3.97. The van der Waals surface area contributed by atoms with Crippen LogP contribution in [0.25, 0.3) is 0 Å². The molecule has 1 aromatic rings. The number of halogens is 1. The number of aromatic nitrogens is 1. The lowest BCUT2D eigenvalue weighted by Crippen LogP contribution is -2.28. The van der Waals surface area contributed by atoms with Crippen LogP contribution in [0.1, 0.15) is 23.7 Å². The first kappa shape index (κ1) is 12.3. The molecular formula is C11H13BrN2O3. The molecule has 0 radical (unpaired) electrons. The molecule has 0 aromatic carbocycles. The number of aromatic carboxylic acids is 1. The van der Waals surface area contributed by atoms with Gasteiger partial charge in [0.1, 0.15) is 11.4 Å². The Labute approximate surface area is 107 Å². The summed E-state index contributed by atoms with van der Waals surface area (Å²) in [5.74, 6) is -0.601. The van der Waals surface area contributed by atoms with E-state index in [1.165, 1.54) is 6.07 Å². The molecule has 2 rings (SSSR count). The molecule has 2 N–H and O–H groups in total. The van der Waals surface area contributed by atoms with E-state index in [9.17, 15) is 4.79 Å². The number of nitrogens with one attached hydrogen (secondary N) is 1. The highest BCUT2D eigenvalue weighted by molar-refractivity contribution is 9.10. The number of pyridine rings is 1. The molecule has 0 aliphatic carbocycles. The van der Waals surface area contributed by atoms with Gasteiger partial charge in [0.25, 0.3) is 0 Å². The Morgan fingerprint density at radius 2 is 2.47 bits per heavy atom. The number of carboxylic acid groups (broad SMARTS) is 1. The van der Waals surface area contributed by atoms with Crippen molar-refractivity contribution in [3.05, 3.63) is 22.3 Å². The minimum Gasteiger partial charge on any atom is -0.478 e. The molecular weight excluding hydrogens is 288 g/mol. The van der Waals surface area contributed by atoms with Crippen molar-refractivity contribution >= 4 is 27.7 Å². The van der Waals surface area contributed by atoms with Gasteiger partial charge in [-0.1, -0.05) is 0 Å². The minimum atomic E-state index is -0.993. The van der Waals surface area contributed by atoms with Gasteiger partial charge < -0.3 is 15.2 Å². The minimum absolute atomic E-state index is 0.0714. The quantitative estimate of drug-likeness (QED) is 0.895.